The van der Waals surface area contributed by atoms with Crippen molar-refractivity contribution in [3.63, 3.8) is 0 Å². The first-order valence-corrected chi connectivity index (χ1v) is 16.2. The van der Waals surface area contributed by atoms with Crippen molar-refractivity contribution < 1.29 is 0 Å². The maximum atomic E-state index is 4.89. The van der Waals surface area contributed by atoms with Gasteiger partial charge in [0.15, 0.2) is 0 Å². The molecule has 5 nitrogen and oxygen atoms in total. The van der Waals surface area contributed by atoms with Crippen LogP contribution in [0.5, 0.6) is 0 Å². The largest absolute Gasteiger partial charge is 0.353 e. The first kappa shape index (κ1) is 28.2. The Bertz CT molecular complexity index is 969. The van der Waals surface area contributed by atoms with Crippen LogP contribution in [-0.4, -0.2) is 71.3 Å². The lowest BCUT2D eigenvalue weighted by Gasteiger charge is -2.44. The average molecular weight is 532 g/mol. The SMILES string of the molecule is C=C1CCCCN1C1=NCCCN1C1CCC(C)CC1.CC1CCC(N2CCCN=C2c2ccccc2)CC1. The number of rotatable bonds is 3. The molecule has 0 radical (unpaired) electrons. The van der Waals surface area contributed by atoms with Crippen molar-refractivity contribution in [2.75, 3.05) is 32.7 Å². The number of hydrogen-bond donors (Lipinski definition) is 0. The molecule has 0 aromatic heterocycles. The van der Waals surface area contributed by atoms with Crippen LogP contribution in [0.3, 0.4) is 0 Å². The van der Waals surface area contributed by atoms with E-state index in [9.17, 15) is 0 Å². The molecule has 0 amide bonds. The molecule has 0 spiro atoms. The molecule has 214 valence electrons. The summed E-state index contributed by atoms with van der Waals surface area (Å²) in [5.74, 6) is 4.33. The summed E-state index contributed by atoms with van der Waals surface area (Å²) >= 11 is 0. The van der Waals surface area contributed by atoms with Crippen LogP contribution in [0.15, 0.2) is 52.6 Å². The highest BCUT2D eigenvalue weighted by molar-refractivity contribution is 5.99. The zero-order chi connectivity index (χ0) is 27.0. The molecular formula is C34H53N5. The second-order valence-electron chi connectivity index (χ2n) is 12.8. The first-order valence-electron chi connectivity index (χ1n) is 16.2. The lowest BCUT2D eigenvalue weighted by Crippen LogP contribution is -2.52. The Morgan fingerprint density at radius 2 is 1.26 bits per heavy atom. The number of piperidine rings is 1. The van der Waals surface area contributed by atoms with E-state index in [1.54, 1.807) is 0 Å². The van der Waals surface area contributed by atoms with Crippen molar-refractivity contribution in [2.45, 2.75) is 109 Å². The molecule has 3 aliphatic heterocycles. The monoisotopic (exact) mass is 531 g/mol. The number of guanidine groups is 1. The molecule has 0 bridgehead atoms. The molecule has 39 heavy (non-hydrogen) atoms. The molecule has 1 saturated heterocycles. The van der Waals surface area contributed by atoms with Gasteiger partial charge in [-0.2, -0.15) is 0 Å². The molecule has 0 unspecified atom stereocenters. The Kier molecular flexibility index (Phi) is 10.0. The minimum atomic E-state index is 0.718. The van der Waals surface area contributed by atoms with Crippen molar-refractivity contribution in [1.29, 1.82) is 0 Å². The maximum absolute atomic E-state index is 4.89. The number of hydrogen-bond acceptors (Lipinski definition) is 5. The van der Waals surface area contributed by atoms with Crippen LogP contribution in [0.25, 0.3) is 0 Å². The lowest BCUT2D eigenvalue weighted by molar-refractivity contribution is 0.184. The third-order valence-corrected chi connectivity index (χ3v) is 9.76. The molecule has 0 N–H and O–H groups in total. The molecule has 2 saturated carbocycles. The van der Waals surface area contributed by atoms with Gasteiger partial charge in [-0.15, -0.1) is 0 Å². The van der Waals surface area contributed by atoms with Crippen LogP contribution in [0.2, 0.25) is 0 Å². The van der Waals surface area contributed by atoms with Gasteiger partial charge >= 0.3 is 0 Å². The Hall–Kier alpha value is -2.30. The van der Waals surface area contributed by atoms with Gasteiger partial charge in [0.2, 0.25) is 5.96 Å². The van der Waals surface area contributed by atoms with Crippen molar-refractivity contribution in [3.8, 4) is 0 Å². The fraction of sp³-hybridized carbons (Fsp3) is 0.706. The summed E-state index contributed by atoms with van der Waals surface area (Å²) in [5.41, 5.74) is 2.58. The first-order chi connectivity index (χ1) is 19.1. The van der Waals surface area contributed by atoms with E-state index < -0.39 is 0 Å². The van der Waals surface area contributed by atoms with Crippen molar-refractivity contribution in [3.05, 3.63) is 48.2 Å². The van der Waals surface area contributed by atoms with Crippen LogP contribution >= 0.6 is 0 Å². The van der Waals surface area contributed by atoms with E-state index in [0.717, 1.165) is 50.0 Å². The summed E-state index contributed by atoms with van der Waals surface area (Å²) in [5, 5.41) is 0. The van der Waals surface area contributed by atoms with Gasteiger partial charge < -0.3 is 14.7 Å². The summed E-state index contributed by atoms with van der Waals surface area (Å²) in [6.45, 7) is 14.6. The second-order valence-corrected chi connectivity index (χ2v) is 12.8. The fourth-order valence-electron chi connectivity index (χ4n) is 7.26. The minimum Gasteiger partial charge on any atom is -0.353 e. The normalized spacial score (nSPS) is 30.2. The predicted octanol–water partition coefficient (Wildman–Crippen LogP) is 7.34. The number of aliphatic imine (C=N–C) groups is 2. The summed E-state index contributed by atoms with van der Waals surface area (Å²) in [6.07, 6.45) is 17.1. The van der Waals surface area contributed by atoms with Crippen LogP contribution in [0.1, 0.15) is 103 Å². The molecule has 1 aromatic carbocycles. The Labute approximate surface area is 238 Å². The highest BCUT2D eigenvalue weighted by atomic mass is 15.4. The molecule has 5 aliphatic rings. The zero-order valence-electron chi connectivity index (χ0n) is 24.9. The van der Waals surface area contributed by atoms with E-state index in [2.05, 4.69) is 65.5 Å². The Balaban J connectivity index is 0.000000158. The predicted molar refractivity (Wildman–Crippen MR) is 165 cm³/mol. The summed E-state index contributed by atoms with van der Waals surface area (Å²) in [7, 11) is 0. The topological polar surface area (TPSA) is 34.4 Å². The fourth-order valence-corrected chi connectivity index (χ4v) is 7.26. The summed E-state index contributed by atoms with van der Waals surface area (Å²) in [4.78, 5) is 17.3. The Morgan fingerprint density at radius 1 is 0.667 bits per heavy atom. The van der Waals surface area contributed by atoms with Gasteiger partial charge in [0.05, 0.1) is 0 Å². The van der Waals surface area contributed by atoms with Crippen LogP contribution < -0.4 is 0 Å². The van der Waals surface area contributed by atoms with E-state index in [-0.39, 0.29) is 0 Å². The van der Waals surface area contributed by atoms with E-state index in [0.29, 0.717) is 0 Å². The highest BCUT2D eigenvalue weighted by Crippen LogP contribution is 2.31. The molecule has 0 atom stereocenters. The summed E-state index contributed by atoms with van der Waals surface area (Å²) in [6, 6.07) is 12.2. The van der Waals surface area contributed by atoms with Gasteiger partial charge in [0, 0.05) is 56.1 Å². The van der Waals surface area contributed by atoms with E-state index >= 15 is 0 Å². The van der Waals surface area contributed by atoms with Gasteiger partial charge in [-0.05, 0) is 95.3 Å². The second kappa shape index (κ2) is 13.9. The van der Waals surface area contributed by atoms with Gasteiger partial charge in [-0.25, -0.2) is 0 Å². The smallest absolute Gasteiger partial charge is 0.201 e. The van der Waals surface area contributed by atoms with Crippen LogP contribution in [-0.2, 0) is 0 Å². The molecule has 5 heteroatoms. The van der Waals surface area contributed by atoms with E-state index in [1.807, 2.05) is 0 Å². The van der Waals surface area contributed by atoms with Crippen LogP contribution in [0.4, 0.5) is 0 Å². The molecule has 1 aromatic rings. The molecule has 2 aliphatic carbocycles. The third kappa shape index (κ3) is 7.27. The molecule has 3 fully saturated rings. The van der Waals surface area contributed by atoms with Gasteiger partial charge in [-0.1, -0.05) is 50.8 Å². The van der Waals surface area contributed by atoms with Crippen molar-refractivity contribution in [1.82, 2.24) is 14.7 Å². The van der Waals surface area contributed by atoms with Gasteiger partial charge in [0.1, 0.15) is 5.84 Å². The van der Waals surface area contributed by atoms with Gasteiger partial charge in [0.25, 0.3) is 0 Å². The molecular weight excluding hydrogens is 478 g/mol. The lowest BCUT2D eigenvalue weighted by atomic mass is 9.86. The third-order valence-electron chi connectivity index (χ3n) is 9.76. The standard InChI is InChI=1S/C17H29N3.C17H24N2/c1-14-7-9-16(10-8-14)20-13-5-11-18-17(20)19-12-4-3-6-15(19)2;1-14-8-10-16(11-9-14)19-13-5-12-18-17(19)15-6-3-2-4-7-15/h14,16H,2-13H2,1H3;2-4,6-7,14,16H,5,8-13H2,1H3. The Morgan fingerprint density at radius 3 is 1.90 bits per heavy atom. The number of nitrogens with zero attached hydrogens (tertiary/aromatic N) is 5. The summed E-state index contributed by atoms with van der Waals surface area (Å²) < 4.78 is 0. The number of benzene rings is 1. The number of allylic oxidation sites excluding steroid dienone is 1. The van der Waals surface area contributed by atoms with Crippen molar-refractivity contribution in [2.24, 2.45) is 21.8 Å². The van der Waals surface area contributed by atoms with Crippen molar-refractivity contribution >= 4 is 11.8 Å². The average Bonchev–Trinajstić information content (AvgIpc) is 2.99. The zero-order valence-corrected chi connectivity index (χ0v) is 24.9. The van der Waals surface area contributed by atoms with Crippen LogP contribution in [0, 0.1) is 11.8 Å². The van der Waals surface area contributed by atoms with E-state index in [4.69, 9.17) is 9.98 Å². The number of amidine groups is 1. The molecule has 3 heterocycles. The number of likely N-dealkylation sites (tertiary alicyclic amines) is 1. The quantitative estimate of drug-likeness (QED) is 0.409. The maximum Gasteiger partial charge on any atom is 0.201 e. The van der Waals surface area contributed by atoms with Gasteiger partial charge in [-0.3, -0.25) is 9.98 Å². The molecule has 6 rings (SSSR count). The van der Waals surface area contributed by atoms with E-state index in [1.165, 1.54) is 113 Å². The highest BCUT2D eigenvalue weighted by Gasteiger charge is 2.32. The minimum absolute atomic E-state index is 0.718.